The molecule has 0 aliphatic heterocycles. The van der Waals surface area contributed by atoms with Gasteiger partial charge in [0.15, 0.2) is 10.9 Å². The van der Waals surface area contributed by atoms with Crippen LogP contribution in [0.3, 0.4) is 0 Å². The SMILES string of the molecule is Cc1ccc(NC(=O)CSc2nnc(-c3ccco3)n2-c2ccccc2)cc1Cl. The van der Waals surface area contributed by atoms with Crippen LogP contribution in [0.15, 0.2) is 76.5 Å². The smallest absolute Gasteiger partial charge is 0.234 e. The van der Waals surface area contributed by atoms with Crippen LogP contribution < -0.4 is 5.32 Å². The number of thioether (sulfide) groups is 1. The molecule has 0 saturated carbocycles. The van der Waals surface area contributed by atoms with E-state index in [1.165, 1.54) is 11.8 Å². The molecule has 4 aromatic rings. The third kappa shape index (κ3) is 4.36. The van der Waals surface area contributed by atoms with Crippen molar-refractivity contribution in [2.24, 2.45) is 0 Å². The Morgan fingerprint density at radius 2 is 1.97 bits per heavy atom. The van der Waals surface area contributed by atoms with E-state index in [0.29, 0.717) is 27.5 Å². The van der Waals surface area contributed by atoms with Gasteiger partial charge in [-0.3, -0.25) is 9.36 Å². The average Bonchev–Trinajstić information content (AvgIpc) is 3.39. The van der Waals surface area contributed by atoms with Crippen LogP contribution in [-0.4, -0.2) is 26.4 Å². The normalized spacial score (nSPS) is 10.8. The third-order valence-electron chi connectivity index (χ3n) is 4.18. The van der Waals surface area contributed by atoms with Crippen LogP contribution in [0.25, 0.3) is 17.3 Å². The fourth-order valence-electron chi connectivity index (χ4n) is 2.74. The number of carbonyl (C=O) groups is 1. The van der Waals surface area contributed by atoms with Crippen molar-refractivity contribution in [1.29, 1.82) is 0 Å². The van der Waals surface area contributed by atoms with Crippen molar-refractivity contribution < 1.29 is 9.21 Å². The number of aromatic nitrogens is 3. The number of carbonyl (C=O) groups excluding carboxylic acids is 1. The predicted octanol–water partition coefficient (Wildman–Crippen LogP) is 5.22. The second-order valence-corrected chi connectivity index (χ2v) is 7.60. The van der Waals surface area contributed by atoms with Gasteiger partial charge in [-0.2, -0.15) is 0 Å². The lowest BCUT2D eigenvalue weighted by Crippen LogP contribution is -2.14. The lowest BCUT2D eigenvalue weighted by Gasteiger charge is -2.09. The minimum atomic E-state index is -0.155. The van der Waals surface area contributed by atoms with Crippen molar-refractivity contribution >= 4 is 35.0 Å². The van der Waals surface area contributed by atoms with Crippen molar-refractivity contribution in [3.63, 3.8) is 0 Å². The zero-order valence-electron chi connectivity index (χ0n) is 15.5. The summed E-state index contributed by atoms with van der Waals surface area (Å²) in [4.78, 5) is 12.4. The monoisotopic (exact) mass is 424 g/mol. The van der Waals surface area contributed by atoms with E-state index in [1.54, 1.807) is 18.4 Å². The molecule has 0 aliphatic carbocycles. The summed E-state index contributed by atoms with van der Waals surface area (Å²) in [5.41, 5.74) is 2.50. The zero-order valence-corrected chi connectivity index (χ0v) is 17.1. The van der Waals surface area contributed by atoms with E-state index < -0.39 is 0 Å². The number of furan rings is 1. The van der Waals surface area contributed by atoms with Crippen LogP contribution in [0.2, 0.25) is 5.02 Å². The Hall–Kier alpha value is -3.03. The molecular weight excluding hydrogens is 408 g/mol. The fourth-order valence-corrected chi connectivity index (χ4v) is 3.67. The standard InChI is InChI=1S/C21H17ClN4O2S/c1-14-9-10-15(12-17(14)22)23-19(27)13-29-21-25-24-20(18-8-5-11-28-18)26(21)16-6-3-2-4-7-16/h2-12H,13H2,1H3,(H,23,27). The summed E-state index contributed by atoms with van der Waals surface area (Å²) in [5, 5.41) is 12.6. The molecule has 29 heavy (non-hydrogen) atoms. The molecule has 2 heterocycles. The summed E-state index contributed by atoms with van der Waals surface area (Å²) in [6.45, 7) is 1.91. The van der Waals surface area contributed by atoms with Crippen LogP contribution in [0.1, 0.15) is 5.56 Å². The molecular formula is C21H17ClN4O2S. The van der Waals surface area contributed by atoms with E-state index in [-0.39, 0.29) is 11.7 Å². The topological polar surface area (TPSA) is 73.0 Å². The van der Waals surface area contributed by atoms with Crippen LogP contribution in [-0.2, 0) is 4.79 Å². The zero-order chi connectivity index (χ0) is 20.2. The Kier molecular flexibility index (Phi) is 5.69. The average molecular weight is 425 g/mol. The lowest BCUT2D eigenvalue weighted by atomic mass is 10.2. The van der Waals surface area contributed by atoms with Crippen molar-refractivity contribution in [2.75, 3.05) is 11.1 Å². The molecule has 0 spiro atoms. The Balaban J connectivity index is 1.54. The Morgan fingerprint density at radius 3 is 2.69 bits per heavy atom. The van der Waals surface area contributed by atoms with Gasteiger partial charge in [-0.15, -0.1) is 10.2 Å². The maximum Gasteiger partial charge on any atom is 0.234 e. The first-order valence-corrected chi connectivity index (χ1v) is 10.2. The number of halogens is 1. The number of benzene rings is 2. The summed E-state index contributed by atoms with van der Waals surface area (Å²) in [7, 11) is 0. The number of anilines is 1. The van der Waals surface area contributed by atoms with Gasteiger partial charge in [0.2, 0.25) is 11.7 Å². The first-order chi connectivity index (χ1) is 14.1. The second kappa shape index (κ2) is 8.55. The largest absolute Gasteiger partial charge is 0.461 e. The highest BCUT2D eigenvalue weighted by atomic mass is 35.5. The molecule has 0 fully saturated rings. The van der Waals surface area contributed by atoms with E-state index in [9.17, 15) is 4.79 Å². The Bertz CT molecular complexity index is 1130. The van der Waals surface area contributed by atoms with Crippen LogP contribution >= 0.6 is 23.4 Å². The van der Waals surface area contributed by atoms with Crippen molar-refractivity contribution in [1.82, 2.24) is 14.8 Å². The predicted molar refractivity (Wildman–Crippen MR) is 115 cm³/mol. The molecule has 6 nitrogen and oxygen atoms in total. The number of aryl methyl sites for hydroxylation is 1. The molecule has 0 saturated heterocycles. The molecule has 0 unspecified atom stereocenters. The highest BCUT2D eigenvalue weighted by Crippen LogP contribution is 2.28. The van der Waals surface area contributed by atoms with Gasteiger partial charge in [0.05, 0.1) is 12.0 Å². The fraction of sp³-hybridized carbons (Fsp3) is 0.0952. The van der Waals surface area contributed by atoms with Gasteiger partial charge in [0, 0.05) is 16.4 Å². The summed E-state index contributed by atoms with van der Waals surface area (Å²) >= 11 is 7.42. The van der Waals surface area contributed by atoms with E-state index in [1.807, 2.05) is 60.0 Å². The van der Waals surface area contributed by atoms with Crippen LogP contribution in [0.5, 0.6) is 0 Å². The molecule has 0 aliphatic rings. The van der Waals surface area contributed by atoms with E-state index in [4.69, 9.17) is 16.0 Å². The molecule has 146 valence electrons. The van der Waals surface area contributed by atoms with Gasteiger partial charge in [-0.05, 0) is 48.9 Å². The summed E-state index contributed by atoms with van der Waals surface area (Å²) in [6.07, 6.45) is 1.59. The van der Waals surface area contributed by atoms with E-state index in [2.05, 4.69) is 15.5 Å². The van der Waals surface area contributed by atoms with Gasteiger partial charge >= 0.3 is 0 Å². The summed E-state index contributed by atoms with van der Waals surface area (Å²) in [5.74, 6) is 1.20. The number of rotatable bonds is 6. The number of para-hydroxylation sites is 1. The summed E-state index contributed by atoms with van der Waals surface area (Å²) < 4.78 is 7.37. The lowest BCUT2D eigenvalue weighted by molar-refractivity contribution is -0.113. The maximum atomic E-state index is 12.4. The highest BCUT2D eigenvalue weighted by molar-refractivity contribution is 7.99. The van der Waals surface area contributed by atoms with Crippen molar-refractivity contribution in [3.8, 4) is 17.3 Å². The third-order valence-corrected chi connectivity index (χ3v) is 5.51. The molecule has 4 rings (SSSR count). The van der Waals surface area contributed by atoms with Crippen molar-refractivity contribution in [3.05, 3.63) is 77.5 Å². The summed E-state index contributed by atoms with van der Waals surface area (Å²) in [6, 6.07) is 18.8. The van der Waals surface area contributed by atoms with Crippen molar-refractivity contribution in [2.45, 2.75) is 12.1 Å². The minimum absolute atomic E-state index is 0.155. The van der Waals surface area contributed by atoms with E-state index in [0.717, 1.165) is 11.3 Å². The molecule has 8 heteroatoms. The molecule has 1 N–H and O–H groups in total. The molecule has 2 aromatic carbocycles. The number of amides is 1. The first kappa shape index (κ1) is 19.3. The van der Waals surface area contributed by atoms with Gasteiger partial charge < -0.3 is 9.73 Å². The maximum absolute atomic E-state index is 12.4. The molecule has 1 amide bonds. The van der Waals surface area contributed by atoms with Crippen LogP contribution in [0, 0.1) is 6.92 Å². The first-order valence-electron chi connectivity index (χ1n) is 8.85. The molecule has 2 aromatic heterocycles. The minimum Gasteiger partial charge on any atom is -0.461 e. The Morgan fingerprint density at radius 1 is 1.14 bits per heavy atom. The van der Waals surface area contributed by atoms with Gasteiger partial charge in [0.25, 0.3) is 0 Å². The molecule has 0 atom stereocenters. The highest BCUT2D eigenvalue weighted by Gasteiger charge is 2.18. The quantitative estimate of drug-likeness (QED) is 0.429. The van der Waals surface area contributed by atoms with Crippen LogP contribution in [0.4, 0.5) is 5.69 Å². The molecule has 0 radical (unpaired) electrons. The van der Waals surface area contributed by atoms with Gasteiger partial charge in [-0.1, -0.05) is 47.6 Å². The Labute approximate surface area is 176 Å². The molecule has 0 bridgehead atoms. The number of nitrogens with one attached hydrogen (secondary N) is 1. The number of nitrogens with zero attached hydrogens (tertiary/aromatic N) is 3. The van der Waals surface area contributed by atoms with Gasteiger partial charge in [0.1, 0.15) is 0 Å². The number of hydrogen-bond donors (Lipinski definition) is 1. The van der Waals surface area contributed by atoms with Gasteiger partial charge in [-0.25, -0.2) is 0 Å². The second-order valence-electron chi connectivity index (χ2n) is 6.26. The number of hydrogen-bond acceptors (Lipinski definition) is 5. The van der Waals surface area contributed by atoms with E-state index >= 15 is 0 Å².